The lowest BCUT2D eigenvalue weighted by molar-refractivity contribution is 0.0505. The number of ether oxygens (including phenoxy) is 1. The van der Waals surface area contributed by atoms with Gasteiger partial charge in [0.2, 0.25) is 5.13 Å². The molecule has 1 N–H and O–H groups in total. The van der Waals surface area contributed by atoms with Gasteiger partial charge in [-0.25, -0.2) is 14.8 Å². The molecule has 0 radical (unpaired) electrons. The van der Waals surface area contributed by atoms with Gasteiger partial charge in [0.25, 0.3) is 0 Å². The van der Waals surface area contributed by atoms with E-state index in [4.69, 9.17) is 10.00 Å². The van der Waals surface area contributed by atoms with E-state index in [0.29, 0.717) is 15.8 Å². The monoisotopic (exact) mass is 320 g/mol. The number of alkyl carbamates (subject to hydrolysis) is 1. The highest BCUT2D eigenvalue weighted by molar-refractivity contribution is 7.14. The summed E-state index contributed by atoms with van der Waals surface area (Å²) in [5.74, 6) is 0.504. The Balaban J connectivity index is 2.15. The first-order valence-electron chi connectivity index (χ1n) is 6.56. The van der Waals surface area contributed by atoms with Crippen molar-refractivity contribution in [3.05, 3.63) is 23.2 Å². The Morgan fingerprint density at radius 3 is 2.82 bits per heavy atom. The van der Waals surface area contributed by atoms with Crippen LogP contribution in [0.3, 0.4) is 0 Å². The van der Waals surface area contributed by atoms with Gasteiger partial charge in [-0.3, -0.25) is 0 Å². The molecule has 0 fully saturated rings. The molecular formula is C13H16N6O2S. The quantitative estimate of drug-likeness (QED) is 0.929. The van der Waals surface area contributed by atoms with Gasteiger partial charge in [-0.2, -0.15) is 15.0 Å². The molecule has 1 amide bonds. The van der Waals surface area contributed by atoms with Crippen molar-refractivity contribution in [1.29, 1.82) is 5.26 Å². The zero-order chi connectivity index (χ0) is 16.3. The van der Waals surface area contributed by atoms with Crippen molar-refractivity contribution in [2.45, 2.75) is 39.3 Å². The SMILES string of the molecule is C[C@H](NC(=O)OC(C)(C)C)c1ncnn1-c1ncc(C#N)s1. The van der Waals surface area contributed by atoms with Crippen LogP contribution in [-0.2, 0) is 4.74 Å². The highest BCUT2D eigenvalue weighted by Crippen LogP contribution is 2.20. The van der Waals surface area contributed by atoms with Crippen LogP contribution >= 0.6 is 11.3 Å². The number of nitrogens with one attached hydrogen (secondary N) is 1. The third-order valence-electron chi connectivity index (χ3n) is 2.48. The minimum absolute atomic E-state index is 0.424. The van der Waals surface area contributed by atoms with Gasteiger partial charge in [0.05, 0.1) is 12.2 Å². The Labute approximate surface area is 131 Å². The molecule has 0 saturated heterocycles. The van der Waals surface area contributed by atoms with Crippen LogP contribution in [0.5, 0.6) is 0 Å². The summed E-state index contributed by atoms with van der Waals surface area (Å²) in [5.41, 5.74) is -0.575. The van der Waals surface area contributed by atoms with Crippen LogP contribution in [0.15, 0.2) is 12.5 Å². The van der Waals surface area contributed by atoms with Crippen LogP contribution in [-0.4, -0.2) is 31.4 Å². The van der Waals surface area contributed by atoms with Gasteiger partial charge in [0, 0.05) is 0 Å². The number of nitriles is 1. The van der Waals surface area contributed by atoms with Crippen LogP contribution in [0.1, 0.15) is 44.4 Å². The first-order chi connectivity index (χ1) is 10.3. The molecule has 0 aromatic carbocycles. The van der Waals surface area contributed by atoms with Crippen LogP contribution in [0.25, 0.3) is 5.13 Å². The smallest absolute Gasteiger partial charge is 0.408 e. The van der Waals surface area contributed by atoms with Crippen molar-refractivity contribution in [1.82, 2.24) is 25.1 Å². The molecule has 0 unspecified atom stereocenters. The average Bonchev–Trinajstić information content (AvgIpc) is 3.04. The summed E-state index contributed by atoms with van der Waals surface area (Å²) in [5, 5.41) is 16.2. The highest BCUT2D eigenvalue weighted by Gasteiger charge is 2.22. The molecule has 2 aromatic heterocycles. The number of hydrogen-bond donors (Lipinski definition) is 1. The van der Waals surface area contributed by atoms with Crippen molar-refractivity contribution >= 4 is 17.4 Å². The number of rotatable bonds is 3. The summed E-state index contributed by atoms with van der Waals surface area (Å²) < 4.78 is 6.70. The van der Waals surface area contributed by atoms with Gasteiger partial charge in [0.15, 0.2) is 5.82 Å². The third-order valence-corrected chi connectivity index (χ3v) is 3.36. The zero-order valence-corrected chi connectivity index (χ0v) is 13.5. The largest absolute Gasteiger partial charge is 0.444 e. The number of amides is 1. The summed E-state index contributed by atoms with van der Waals surface area (Å²) in [6, 6.07) is 1.60. The number of carbonyl (C=O) groups is 1. The zero-order valence-electron chi connectivity index (χ0n) is 12.7. The Kier molecular flexibility index (Phi) is 4.42. The predicted molar refractivity (Wildman–Crippen MR) is 79.5 cm³/mol. The maximum atomic E-state index is 11.8. The molecule has 2 rings (SSSR count). The maximum absolute atomic E-state index is 11.8. The number of aromatic nitrogens is 4. The van der Waals surface area contributed by atoms with Crippen LogP contribution in [0, 0.1) is 11.3 Å². The summed E-state index contributed by atoms with van der Waals surface area (Å²) in [6.07, 6.45) is 2.31. The first kappa shape index (κ1) is 15.9. The fraction of sp³-hybridized carbons (Fsp3) is 0.462. The minimum atomic E-state index is -0.575. The molecule has 0 aliphatic heterocycles. The van der Waals surface area contributed by atoms with E-state index in [0.717, 1.165) is 0 Å². The molecule has 0 aliphatic rings. The van der Waals surface area contributed by atoms with E-state index in [-0.39, 0.29) is 0 Å². The lowest BCUT2D eigenvalue weighted by Gasteiger charge is -2.21. The third kappa shape index (κ3) is 3.79. The van der Waals surface area contributed by atoms with Gasteiger partial charge in [-0.1, -0.05) is 11.3 Å². The second-order valence-electron chi connectivity index (χ2n) is 5.52. The van der Waals surface area contributed by atoms with Crippen LogP contribution < -0.4 is 5.32 Å². The van der Waals surface area contributed by atoms with Gasteiger partial charge >= 0.3 is 6.09 Å². The normalized spacial score (nSPS) is 12.5. The minimum Gasteiger partial charge on any atom is -0.444 e. The topological polar surface area (TPSA) is 106 Å². The second kappa shape index (κ2) is 6.11. The number of carbonyl (C=O) groups excluding carboxylic acids is 1. The molecule has 1 atom stereocenters. The van der Waals surface area contributed by atoms with Crippen molar-refractivity contribution in [3.63, 3.8) is 0 Å². The van der Waals surface area contributed by atoms with E-state index in [1.807, 2.05) is 6.07 Å². The Hall–Kier alpha value is -2.47. The van der Waals surface area contributed by atoms with E-state index in [1.165, 1.54) is 28.5 Å². The van der Waals surface area contributed by atoms with Crippen molar-refractivity contribution < 1.29 is 9.53 Å². The lowest BCUT2D eigenvalue weighted by atomic mass is 10.2. The van der Waals surface area contributed by atoms with E-state index < -0.39 is 17.7 Å². The standard InChI is InChI=1S/C13H16N6O2S/c1-8(18-12(20)21-13(2,3)4)10-16-7-17-19(10)11-15-6-9(5-14)22-11/h6-8H,1-4H3,(H,18,20)/t8-/m0/s1. The lowest BCUT2D eigenvalue weighted by Crippen LogP contribution is -2.34. The molecule has 0 bridgehead atoms. The molecule has 2 heterocycles. The van der Waals surface area contributed by atoms with E-state index in [2.05, 4.69) is 20.4 Å². The summed E-state index contributed by atoms with van der Waals surface area (Å²) in [4.78, 5) is 20.6. The summed E-state index contributed by atoms with van der Waals surface area (Å²) >= 11 is 1.20. The molecule has 0 saturated carbocycles. The van der Waals surface area contributed by atoms with Crippen molar-refractivity contribution in [2.24, 2.45) is 0 Å². The number of nitrogens with zero attached hydrogens (tertiary/aromatic N) is 5. The van der Waals surface area contributed by atoms with Gasteiger partial charge in [-0.05, 0) is 27.7 Å². The van der Waals surface area contributed by atoms with Gasteiger partial charge < -0.3 is 10.1 Å². The molecule has 0 spiro atoms. The second-order valence-corrected chi connectivity index (χ2v) is 6.53. The van der Waals surface area contributed by atoms with Crippen LogP contribution in [0.2, 0.25) is 0 Å². The Bertz CT molecular complexity index is 709. The Morgan fingerprint density at radius 1 is 1.50 bits per heavy atom. The summed E-state index contributed by atoms with van der Waals surface area (Å²) in [7, 11) is 0. The summed E-state index contributed by atoms with van der Waals surface area (Å²) in [6.45, 7) is 7.14. The maximum Gasteiger partial charge on any atom is 0.408 e. The predicted octanol–water partition coefficient (Wildman–Crippen LogP) is 2.18. The molecule has 9 heteroatoms. The number of thiazole rings is 1. The van der Waals surface area contributed by atoms with Crippen LogP contribution in [0.4, 0.5) is 4.79 Å². The van der Waals surface area contributed by atoms with Crippen molar-refractivity contribution in [3.8, 4) is 11.2 Å². The highest BCUT2D eigenvalue weighted by atomic mass is 32.1. The van der Waals surface area contributed by atoms with Gasteiger partial charge in [-0.15, -0.1) is 0 Å². The molecule has 8 nitrogen and oxygen atoms in total. The molecule has 0 aliphatic carbocycles. The molecule has 2 aromatic rings. The van der Waals surface area contributed by atoms with E-state index >= 15 is 0 Å². The number of hydrogen-bond acceptors (Lipinski definition) is 7. The van der Waals surface area contributed by atoms with Crippen molar-refractivity contribution in [2.75, 3.05) is 0 Å². The molecule has 22 heavy (non-hydrogen) atoms. The van der Waals surface area contributed by atoms with E-state index in [1.54, 1.807) is 27.7 Å². The molecule has 116 valence electrons. The Morgan fingerprint density at radius 2 is 2.23 bits per heavy atom. The average molecular weight is 320 g/mol. The van der Waals surface area contributed by atoms with E-state index in [9.17, 15) is 4.79 Å². The fourth-order valence-electron chi connectivity index (χ4n) is 1.66. The van der Waals surface area contributed by atoms with Gasteiger partial charge in [0.1, 0.15) is 22.9 Å². The first-order valence-corrected chi connectivity index (χ1v) is 7.37. The molecular weight excluding hydrogens is 304 g/mol. The fourth-order valence-corrected chi connectivity index (χ4v) is 2.34.